The van der Waals surface area contributed by atoms with Crippen molar-refractivity contribution in [2.75, 3.05) is 13.6 Å². The summed E-state index contributed by atoms with van der Waals surface area (Å²) in [6, 6.07) is 7.87. The third-order valence-corrected chi connectivity index (χ3v) is 4.24. The standard InChI is InChI=1S/C15H19BrN2O2/c1-15(2,11-4-6-12(16)7-5-11)17-14(20)10-8-13(19)18(3)9-10/h4-7,10H,8-9H2,1-3H3,(H,17,20)/t10-/m1/s1. The first-order chi connectivity index (χ1) is 9.29. The lowest BCUT2D eigenvalue weighted by Gasteiger charge is -2.28. The van der Waals surface area contributed by atoms with Crippen LogP contribution < -0.4 is 5.32 Å². The first-order valence-electron chi connectivity index (χ1n) is 6.61. The number of halogens is 1. The van der Waals surface area contributed by atoms with E-state index in [1.54, 1.807) is 11.9 Å². The molecule has 0 unspecified atom stereocenters. The van der Waals surface area contributed by atoms with Gasteiger partial charge in [0.05, 0.1) is 11.5 Å². The Labute approximate surface area is 127 Å². The van der Waals surface area contributed by atoms with E-state index in [1.807, 2.05) is 38.1 Å². The molecule has 1 aromatic carbocycles. The Kier molecular flexibility index (Phi) is 4.18. The molecular weight excluding hydrogens is 320 g/mol. The van der Waals surface area contributed by atoms with Gasteiger partial charge >= 0.3 is 0 Å². The molecule has 0 radical (unpaired) electrons. The van der Waals surface area contributed by atoms with Crippen molar-refractivity contribution >= 4 is 27.7 Å². The van der Waals surface area contributed by atoms with Gasteiger partial charge in [0, 0.05) is 24.5 Å². The van der Waals surface area contributed by atoms with Gasteiger partial charge in [0.25, 0.3) is 0 Å². The highest BCUT2D eigenvalue weighted by Gasteiger charge is 2.34. The van der Waals surface area contributed by atoms with Gasteiger partial charge in [-0.15, -0.1) is 0 Å². The minimum atomic E-state index is -0.456. The van der Waals surface area contributed by atoms with Crippen LogP contribution in [-0.4, -0.2) is 30.3 Å². The topological polar surface area (TPSA) is 49.4 Å². The van der Waals surface area contributed by atoms with Crippen LogP contribution >= 0.6 is 15.9 Å². The summed E-state index contributed by atoms with van der Waals surface area (Å²) in [5.41, 5.74) is 0.578. The summed E-state index contributed by atoms with van der Waals surface area (Å²) in [5, 5.41) is 3.04. The Morgan fingerprint density at radius 1 is 1.35 bits per heavy atom. The number of amides is 2. The lowest BCUT2D eigenvalue weighted by atomic mass is 9.93. The van der Waals surface area contributed by atoms with Gasteiger partial charge in [-0.2, -0.15) is 0 Å². The summed E-state index contributed by atoms with van der Waals surface area (Å²) < 4.78 is 1.01. The van der Waals surface area contributed by atoms with E-state index in [-0.39, 0.29) is 17.7 Å². The SMILES string of the molecule is CN1C[C@H](C(=O)NC(C)(C)c2ccc(Br)cc2)CC1=O. The van der Waals surface area contributed by atoms with Gasteiger partial charge in [0.15, 0.2) is 0 Å². The second-order valence-electron chi connectivity index (χ2n) is 5.80. The largest absolute Gasteiger partial charge is 0.347 e. The Hall–Kier alpha value is -1.36. The maximum atomic E-state index is 12.3. The molecule has 1 aliphatic rings. The summed E-state index contributed by atoms with van der Waals surface area (Å²) in [6.45, 7) is 4.43. The zero-order valence-electron chi connectivity index (χ0n) is 11.9. The van der Waals surface area contributed by atoms with Gasteiger partial charge in [0.2, 0.25) is 11.8 Å². The smallest absolute Gasteiger partial charge is 0.226 e. The molecule has 4 nitrogen and oxygen atoms in total. The second-order valence-corrected chi connectivity index (χ2v) is 6.71. The molecule has 20 heavy (non-hydrogen) atoms. The van der Waals surface area contributed by atoms with E-state index >= 15 is 0 Å². The molecule has 1 aromatic rings. The second kappa shape index (κ2) is 5.56. The number of nitrogens with one attached hydrogen (secondary N) is 1. The van der Waals surface area contributed by atoms with Crippen molar-refractivity contribution in [2.45, 2.75) is 25.8 Å². The van der Waals surface area contributed by atoms with Gasteiger partial charge in [0.1, 0.15) is 0 Å². The van der Waals surface area contributed by atoms with E-state index in [0.29, 0.717) is 13.0 Å². The fourth-order valence-corrected chi connectivity index (χ4v) is 2.65. The van der Waals surface area contributed by atoms with Crippen LogP contribution in [0.2, 0.25) is 0 Å². The van der Waals surface area contributed by atoms with Crippen LogP contribution in [0.15, 0.2) is 28.7 Å². The van der Waals surface area contributed by atoms with E-state index in [4.69, 9.17) is 0 Å². The molecule has 2 amide bonds. The van der Waals surface area contributed by atoms with Crippen LogP contribution in [0.3, 0.4) is 0 Å². The molecule has 0 bridgehead atoms. The van der Waals surface area contributed by atoms with Gasteiger partial charge in [-0.1, -0.05) is 28.1 Å². The molecule has 5 heteroatoms. The van der Waals surface area contributed by atoms with Crippen LogP contribution in [-0.2, 0) is 15.1 Å². The summed E-state index contributed by atoms with van der Waals surface area (Å²) in [7, 11) is 1.73. The minimum Gasteiger partial charge on any atom is -0.347 e. The van der Waals surface area contributed by atoms with Gasteiger partial charge in [-0.3, -0.25) is 9.59 Å². The highest BCUT2D eigenvalue weighted by Crippen LogP contribution is 2.24. The van der Waals surface area contributed by atoms with Crippen molar-refractivity contribution in [3.8, 4) is 0 Å². The number of nitrogens with zero attached hydrogens (tertiary/aromatic N) is 1. The lowest BCUT2D eigenvalue weighted by molar-refractivity contribution is -0.129. The Bertz CT molecular complexity index is 525. The molecule has 1 atom stereocenters. The Balaban J connectivity index is 2.06. The highest BCUT2D eigenvalue weighted by molar-refractivity contribution is 9.10. The summed E-state index contributed by atoms with van der Waals surface area (Å²) in [4.78, 5) is 25.4. The number of benzene rings is 1. The minimum absolute atomic E-state index is 0.0339. The quantitative estimate of drug-likeness (QED) is 0.919. The molecule has 1 heterocycles. The summed E-state index contributed by atoms with van der Waals surface area (Å²) in [6.07, 6.45) is 0.304. The zero-order valence-corrected chi connectivity index (χ0v) is 13.5. The predicted octanol–water partition coefficient (Wildman–Crippen LogP) is 2.28. The van der Waals surface area contributed by atoms with Crippen LogP contribution in [0.5, 0.6) is 0 Å². The van der Waals surface area contributed by atoms with Crippen molar-refractivity contribution in [2.24, 2.45) is 5.92 Å². The monoisotopic (exact) mass is 338 g/mol. The van der Waals surface area contributed by atoms with Crippen molar-refractivity contribution in [3.63, 3.8) is 0 Å². The van der Waals surface area contributed by atoms with Crippen molar-refractivity contribution in [3.05, 3.63) is 34.3 Å². The normalized spacial score (nSPS) is 19.3. The molecule has 0 spiro atoms. The molecule has 1 fully saturated rings. The summed E-state index contributed by atoms with van der Waals surface area (Å²) in [5.74, 6) is -0.274. The van der Waals surface area contributed by atoms with Gasteiger partial charge in [-0.25, -0.2) is 0 Å². The van der Waals surface area contributed by atoms with Crippen LogP contribution in [0.25, 0.3) is 0 Å². The third-order valence-electron chi connectivity index (χ3n) is 3.71. The van der Waals surface area contributed by atoms with Crippen molar-refractivity contribution in [1.82, 2.24) is 10.2 Å². The van der Waals surface area contributed by atoms with Crippen LogP contribution in [0.1, 0.15) is 25.8 Å². The molecule has 0 aromatic heterocycles. The molecule has 0 aliphatic carbocycles. The number of likely N-dealkylation sites (tertiary alicyclic amines) is 1. The van der Waals surface area contributed by atoms with Gasteiger partial charge < -0.3 is 10.2 Å². The Morgan fingerprint density at radius 2 is 1.95 bits per heavy atom. The molecule has 108 valence electrons. The fraction of sp³-hybridized carbons (Fsp3) is 0.467. The van der Waals surface area contributed by atoms with Crippen molar-refractivity contribution in [1.29, 1.82) is 0 Å². The zero-order chi connectivity index (χ0) is 14.9. The van der Waals surface area contributed by atoms with Crippen molar-refractivity contribution < 1.29 is 9.59 Å². The number of carbonyl (C=O) groups excluding carboxylic acids is 2. The molecule has 1 aliphatic heterocycles. The van der Waals surface area contributed by atoms with E-state index in [0.717, 1.165) is 10.0 Å². The maximum Gasteiger partial charge on any atom is 0.226 e. The number of rotatable bonds is 3. The molecule has 1 saturated heterocycles. The number of hydrogen-bond donors (Lipinski definition) is 1. The van der Waals surface area contributed by atoms with Gasteiger partial charge in [-0.05, 0) is 31.5 Å². The molecule has 1 N–H and O–H groups in total. The van der Waals surface area contributed by atoms with E-state index in [9.17, 15) is 9.59 Å². The predicted molar refractivity (Wildman–Crippen MR) is 81.1 cm³/mol. The van der Waals surface area contributed by atoms with Crippen LogP contribution in [0.4, 0.5) is 0 Å². The maximum absolute atomic E-state index is 12.3. The molecule has 2 rings (SSSR count). The number of carbonyl (C=O) groups is 2. The lowest BCUT2D eigenvalue weighted by Crippen LogP contribution is -2.44. The first kappa shape index (κ1) is 15.0. The highest BCUT2D eigenvalue weighted by atomic mass is 79.9. The molecular formula is C15H19BrN2O2. The van der Waals surface area contributed by atoms with E-state index in [2.05, 4.69) is 21.2 Å². The third kappa shape index (κ3) is 3.20. The summed E-state index contributed by atoms with van der Waals surface area (Å²) >= 11 is 3.40. The van der Waals surface area contributed by atoms with E-state index < -0.39 is 5.54 Å². The average Bonchev–Trinajstić information content (AvgIpc) is 2.70. The fourth-order valence-electron chi connectivity index (χ4n) is 2.39. The molecule has 0 saturated carbocycles. The Morgan fingerprint density at radius 3 is 2.45 bits per heavy atom. The average molecular weight is 339 g/mol. The van der Waals surface area contributed by atoms with Crippen LogP contribution in [0, 0.1) is 5.92 Å². The number of hydrogen-bond acceptors (Lipinski definition) is 2. The van der Waals surface area contributed by atoms with E-state index in [1.165, 1.54) is 0 Å². The first-order valence-corrected chi connectivity index (χ1v) is 7.41.